The number of hydrogen-bond acceptors (Lipinski definition) is 19. The number of nitrogens with one attached hydrogen (secondary N) is 5. The number of benzene rings is 3. The van der Waals surface area contributed by atoms with Crippen LogP contribution in [0.2, 0.25) is 0 Å². The molecular formula is C37H46N22O15. The molecule has 0 aromatic heterocycles. The molecule has 0 aliphatic heterocycles. The van der Waals surface area contributed by atoms with Crippen LogP contribution in [0.5, 0.6) is 0 Å². The number of carbonyl (C=O) groups is 7. The Hall–Kier alpha value is -11.0. The number of primary amides is 1. The molecule has 0 aliphatic rings. The molecular weight excluding hydrogens is 993 g/mol. The van der Waals surface area contributed by atoms with Crippen LogP contribution in [0.15, 0.2) is 86.7 Å². The van der Waals surface area contributed by atoms with E-state index in [-0.39, 0.29) is 11.1 Å². The summed E-state index contributed by atoms with van der Waals surface area (Å²) >= 11 is 0. The fourth-order valence-electron chi connectivity index (χ4n) is 6.26. The lowest BCUT2D eigenvalue weighted by atomic mass is 10.0. The number of nitrogens with zero attached hydrogens (tertiary/aromatic N) is 8. The second kappa shape index (κ2) is 25.6. The predicted molar refractivity (Wildman–Crippen MR) is 254 cm³/mol. The molecule has 0 bridgehead atoms. The van der Waals surface area contributed by atoms with Gasteiger partial charge in [0.2, 0.25) is 36.5 Å². The van der Waals surface area contributed by atoms with E-state index < -0.39 is 158 Å². The van der Waals surface area contributed by atoms with Gasteiger partial charge in [0.15, 0.2) is 23.8 Å². The number of para-hydroxylation sites is 1. The molecule has 0 saturated heterocycles. The monoisotopic (exact) mass is 1040 g/mol. The number of aliphatic hydroxyl groups excluding tert-OH is 1. The van der Waals surface area contributed by atoms with Crippen LogP contribution in [-0.2, 0) is 35.3 Å². The largest absolute Gasteiger partial charge is 0.478 e. The van der Waals surface area contributed by atoms with Crippen molar-refractivity contribution in [3.05, 3.63) is 114 Å². The van der Waals surface area contributed by atoms with Crippen LogP contribution in [0.4, 0.5) is 22.7 Å². The zero-order valence-corrected chi connectivity index (χ0v) is 37.7. The fraction of sp³-hybridized carbons (Fsp3) is 0.216. The van der Waals surface area contributed by atoms with Crippen LogP contribution in [0.3, 0.4) is 0 Å². The Morgan fingerprint density at radius 3 is 1.41 bits per heavy atom. The maximum absolute atomic E-state index is 14.5. The van der Waals surface area contributed by atoms with Gasteiger partial charge in [-0.2, -0.15) is 0 Å². The molecule has 0 heterocycles. The smallest absolute Gasteiger partial charge is 0.338 e. The number of nitro benzene ring substituents is 3. The number of carbonyl (C=O) groups excluding carboxylic acids is 6. The molecule has 37 nitrogen and oxygen atoms in total. The number of rotatable bonds is 25. The summed E-state index contributed by atoms with van der Waals surface area (Å²) in [6, 6.07) is 7.70. The first-order valence-electron chi connectivity index (χ1n) is 20.2. The van der Waals surface area contributed by atoms with E-state index in [1.54, 1.807) is 0 Å². The minimum absolute atomic E-state index is 0.128. The molecule has 0 aliphatic carbocycles. The summed E-state index contributed by atoms with van der Waals surface area (Å²) in [5.74, 6) is -14.0. The highest BCUT2D eigenvalue weighted by Crippen LogP contribution is 2.39. The van der Waals surface area contributed by atoms with Gasteiger partial charge in [-0.05, 0) is 5.56 Å². The maximum Gasteiger partial charge on any atom is 0.338 e. The third kappa shape index (κ3) is 15.8. The van der Waals surface area contributed by atoms with Crippen LogP contribution < -0.4 is 83.1 Å². The average Bonchev–Trinajstić information content (AvgIpc) is 3.31. The van der Waals surface area contributed by atoms with Crippen molar-refractivity contribution in [1.82, 2.24) is 26.6 Å². The van der Waals surface area contributed by atoms with Gasteiger partial charge in [0.1, 0.15) is 17.8 Å². The first kappa shape index (κ1) is 57.3. The minimum Gasteiger partial charge on any atom is -0.478 e. The first-order chi connectivity index (χ1) is 34.7. The van der Waals surface area contributed by atoms with Gasteiger partial charge in [0.25, 0.3) is 40.7 Å². The first-order valence-corrected chi connectivity index (χ1v) is 20.2. The molecule has 3 aromatic rings. The highest BCUT2D eigenvalue weighted by molar-refractivity contribution is 6.02. The number of anilines is 1. The number of carboxylic acids is 1. The van der Waals surface area contributed by atoms with Gasteiger partial charge in [0, 0.05) is 17.7 Å². The third-order valence-electron chi connectivity index (χ3n) is 9.31. The van der Waals surface area contributed by atoms with Crippen molar-refractivity contribution >= 4 is 88.0 Å². The molecule has 3 rings (SSSR count). The lowest BCUT2D eigenvalue weighted by Gasteiger charge is -2.33. The second-order valence-corrected chi connectivity index (χ2v) is 14.5. The number of carboxylic acid groups (broad SMARTS) is 1. The Kier molecular flexibility index (Phi) is 19.8. The summed E-state index contributed by atoms with van der Waals surface area (Å²) in [5.41, 5.74) is 42.8. The number of aliphatic imine (C=N–C) groups is 4. The van der Waals surface area contributed by atoms with Gasteiger partial charge < -0.3 is 93.3 Å². The van der Waals surface area contributed by atoms with Crippen molar-refractivity contribution in [2.45, 2.75) is 43.3 Å². The highest BCUT2D eigenvalue weighted by atomic mass is 16.6. The van der Waals surface area contributed by atoms with Crippen molar-refractivity contribution in [2.24, 2.45) is 71.6 Å². The van der Waals surface area contributed by atoms with Crippen LogP contribution in [0, 0.1) is 30.3 Å². The molecule has 3 aromatic carbocycles. The number of amides is 6. The van der Waals surface area contributed by atoms with Crippen molar-refractivity contribution in [1.29, 1.82) is 0 Å². The second-order valence-electron chi connectivity index (χ2n) is 14.5. The average molecular weight is 1040 g/mol. The van der Waals surface area contributed by atoms with Crippen LogP contribution in [0.1, 0.15) is 27.5 Å². The maximum atomic E-state index is 14.5. The minimum atomic E-state index is -2.32. The fourth-order valence-corrected chi connectivity index (χ4v) is 6.26. The summed E-state index contributed by atoms with van der Waals surface area (Å²) in [6.45, 7) is -2.40. The summed E-state index contributed by atoms with van der Waals surface area (Å²) < 4.78 is 0. The van der Waals surface area contributed by atoms with Gasteiger partial charge in [-0.25, -0.2) is 24.8 Å². The Morgan fingerprint density at radius 2 is 0.986 bits per heavy atom. The lowest BCUT2D eigenvalue weighted by Crippen LogP contribution is -2.58. The number of aliphatic hydroxyl groups is 1. The molecule has 6 unspecified atom stereocenters. The molecule has 0 spiro atoms. The lowest BCUT2D eigenvalue weighted by molar-refractivity contribution is -0.393. The van der Waals surface area contributed by atoms with Crippen molar-refractivity contribution in [2.75, 3.05) is 11.5 Å². The van der Waals surface area contributed by atoms with Gasteiger partial charge in [-0.1, -0.05) is 48.5 Å². The van der Waals surface area contributed by atoms with E-state index in [9.17, 15) is 74.1 Å². The Morgan fingerprint density at radius 1 is 0.554 bits per heavy atom. The van der Waals surface area contributed by atoms with E-state index in [0.29, 0.717) is 17.0 Å². The van der Waals surface area contributed by atoms with Crippen molar-refractivity contribution in [3.63, 3.8) is 0 Å². The molecule has 6 atom stereocenters. The quantitative estimate of drug-likeness (QED) is 0.0162. The number of non-ortho nitro benzene ring substituents is 1. The van der Waals surface area contributed by atoms with E-state index in [4.69, 9.17) is 51.6 Å². The summed E-state index contributed by atoms with van der Waals surface area (Å²) in [6.07, 6.45) is -8.73. The van der Waals surface area contributed by atoms with E-state index >= 15 is 0 Å². The molecule has 6 amide bonds. The van der Waals surface area contributed by atoms with Crippen molar-refractivity contribution in [3.8, 4) is 0 Å². The highest BCUT2D eigenvalue weighted by Gasteiger charge is 2.40. The molecule has 0 radical (unpaired) electrons. The normalized spacial score (nSPS) is 12.9. The zero-order chi connectivity index (χ0) is 55.7. The summed E-state index contributed by atoms with van der Waals surface area (Å²) in [5, 5.41) is 67.6. The number of aromatic carboxylic acids is 1. The van der Waals surface area contributed by atoms with Gasteiger partial charge in [-0.3, -0.25) is 59.1 Å². The van der Waals surface area contributed by atoms with Gasteiger partial charge in [-0.15, -0.1) is 0 Å². The number of nitrogens with two attached hydrogens (primary N) is 9. The Labute approximate surface area is 412 Å². The SMILES string of the molecule is NC(=O)C(N=C(N)N)NC(=O)C(N=C(N)N)NC(=O)C(N=C(N)N)NC(=O)C(N=C(N)N)NC(=O)C(NC(=O)C(CO)N(Cc1ccccc1[N+](=O)[O-])c1c(C(=O)O)cc([N+](=O)[O-])cc1[N+](=O)[O-])c1ccccc1. The Balaban J connectivity index is 2.15. The predicted octanol–water partition coefficient (Wildman–Crippen LogP) is -7.32. The Bertz CT molecular complexity index is 2780. The third-order valence-corrected chi connectivity index (χ3v) is 9.31. The van der Waals surface area contributed by atoms with Crippen LogP contribution in [-0.4, -0.2) is 128 Å². The summed E-state index contributed by atoms with van der Waals surface area (Å²) in [7, 11) is 0. The molecule has 74 heavy (non-hydrogen) atoms. The zero-order valence-electron chi connectivity index (χ0n) is 37.7. The van der Waals surface area contributed by atoms with E-state index in [2.05, 4.69) is 30.6 Å². The molecule has 37 heteroatoms. The molecule has 25 N–H and O–H groups in total. The summed E-state index contributed by atoms with van der Waals surface area (Å²) in [4.78, 5) is 142. The standard InChI is InChI=1S/C37H46N22O15/c38-23(61)24(52-34(39)40)48-30(64)26(54-36(43)44)50-32(66)27(55-37(45)46)51-31(65)25(53-35(41)42)49-29(63)21(14-6-2-1-3-7-14)47-28(62)20(13-60)56(12-15-8-4-5-9-18(15)58(71)72)22-17(33(67)68)10-16(57(69)70)11-19(22)59(73)74/h1-11,20-21,24-27,60H,12-13H2,(H2,38,61)(H,47,62)(H,48,64)(H,49,63)(H,50,66)(H,51,65)(H,67,68)(H4,39,40,52)(H4,41,42,53)(H4,43,44,54)(H4,45,46,55). The van der Waals surface area contributed by atoms with E-state index in [1.165, 1.54) is 42.5 Å². The number of hydrogen-bond donors (Lipinski definition) is 16. The van der Waals surface area contributed by atoms with Crippen LogP contribution in [0.25, 0.3) is 0 Å². The molecule has 0 saturated carbocycles. The topological polar surface area (TPSA) is 636 Å². The number of nitro groups is 3. The van der Waals surface area contributed by atoms with Gasteiger partial charge >= 0.3 is 5.97 Å². The van der Waals surface area contributed by atoms with Crippen LogP contribution >= 0.6 is 0 Å². The van der Waals surface area contributed by atoms with E-state index in [1.807, 2.05) is 16.0 Å². The molecule has 394 valence electrons. The van der Waals surface area contributed by atoms with Crippen molar-refractivity contribution < 1.29 is 58.5 Å². The van der Waals surface area contributed by atoms with E-state index in [0.717, 1.165) is 12.1 Å². The molecule has 0 fully saturated rings. The number of guanidine groups is 4. The van der Waals surface area contributed by atoms with Gasteiger partial charge in [0.05, 0.1) is 39.6 Å².